The Morgan fingerprint density at radius 2 is 1.84 bits per heavy atom. The molecular weight excluding hydrogens is 328 g/mol. The lowest BCUT2D eigenvalue weighted by Crippen LogP contribution is -2.50. The van der Waals surface area contributed by atoms with Crippen molar-refractivity contribution in [3.63, 3.8) is 0 Å². The molecule has 2 rings (SSSR count). The minimum Gasteiger partial charge on any atom is -0.467 e. The van der Waals surface area contributed by atoms with Gasteiger partial charge >= 0.3 is 18.0 Å². The van der Waals surface area contributed by atoms with E-state index >= 15 is 0 Å². The number of hydrogen-bond donors (Lipinski definition) is 0. The molecule has 0 fully saturated rings. The Morgan fingerprint density at radius 3 is 2.40 bits per heavy atom. The first-order valence-electron chi connectivity index (χ1n) is 7.81. The van der Waals surface area contributed by atoms with Gasteiger partial charge in [0.15, 0.2) is 0 Å². The smallest absolute Gasteiger partial charge is 0.411 e. The number of hydrogen-bond acceptors (Lipinski definition) is 7. The van der Waals surface area contributed by atoms with E-state index < -0.39 is 29.7 Å². The summed E-state index contributed by atoms with van der Waals surface area (Å²) in [5.41, 5.74) is 0.748. The average molecular weight is 350 g/mol. The van der Waals surface area contributed by atoms with Crippen molar-refractivity contribution in [2.45, 2.75) is 45.4 Å². The highest BCUT2D eigenvalue weighted by molar-refractivity contribution is 5.87. The van der Waals surface area contributed by atoms with Crippen molar-refractivity contribution in [3.05, 3.63) is 29.1 Å². The molecular formula is C17H22N2O6. The van der Waals surface area contributed by atoms with Gasteiger partial charge in [0.1, 0.15) is 17.3 Å². The molecule has 1 aliphatic rings. The number of fused-ring (bicyclic) bond motifs is 1. The summed E-state index contributed by atoms with van der Waals surface area (Å²) < 4.78 is 14.8. The van der Waals surface area contributed by atoms with Gasteiger partial charge in [-0.25, -0.2) is 19.4 Å². The van der Waals surface area contributed by atoms with Crippen LogP contribution in [-0.2, 0) is 32.0 Å². The number of carbonyl (C=O) groups excluding carboxylic acids is 3. The molecule has 1 aromatic rings. The third-order valence-electron chi connectivity index (χ3n) is 3.67. The molecule has 8 heteroatoms. The van der Waals surface area contributed by atoms with Crippen molar-refractivity contribution in [2.24, 2.45) is 0 Å². The zero-order valence-electron chi connectivity index (χ0n) is 15.0. The highest BCUT2D eigenvalue weighted by Crippen LogP contribution is 2.25. The monoisotopic (exact) mass is 350 g/mol. The molecule has 0 spiro atoms. The van der Waals surface area contributed by atoms with Crippen molar-refractivity contribution >= 4 is 18.0 Å². The van der Waals surface area contributed by atoms with Crippen LogP contribution in [0.25, 0.3) is 0 Å². The summed E-state index contributed by atoms with van der Waals surface area (Å²) in [7, 11) is 2.52. The normalized spacial score (nSPS) is 16.7. The number of esters is 2. The van der Waals surface area contributed by atoms with Crippen LogP contribution in [0.1, 0.15) is 42.5 Å². The maximum atomic E-state index is 12.5. The van der Waals surface area contributed by atoms with Crippen molar-refractivity contribution < 1.29 is 28.6 Å². The maximum Gasteiger partial charge on any atom is 0.411 e. The van der Waals surface area contributed by atoms with E-state index in [2.05, 4.69) is 9.72 Å². The summed E-state index contributed by atoms with van der Waals surface area (Å²) in [5, 5.41) is 0. The van der Waals surface area contributed by atoms with E-state index in [1.807, 2.05) is 0 Å². The third kappa shape index (κ3) is 4.26. The zero-order valence-corrected chi connectivity index (χ0v) is 15.0. The Bertz CT molecular complexity index is 695. The van der Waals surface area contributed by atoms with Gasteiger partial charge < -0.3 is 14.2 Å². The molecule has 136 valence electrons. The summed E-state index contributed by atoms with van der Waals surface area (Å²) in [6, 6.07) is 2.35. The number of nitrogens with zero attached hydrogens (tertiary/aromatic N) is 2. The first kappa shape index (κ1) is 18.7. The highest BCUT2D eigenvalue weighted by atomic mass is 16.6. The first-order valence-corrected chi connectivity index (χ1v) is 7.81. The van der Waals surface area contributed by atoms with Crippen LogP contribution in [0.2, 0.25) is 0 Å². The third-order valence-corrected chi connectivity index (χ3v) is 3.67. The second-order valence-electron chi connectivity index (χ2n) is 6.65. The number of aromatic nitrogens is 1. The van der Waals surface area contributed by atoms with Crippen molar-refractivity contribution in [2.75, 3.05) is 14.2 Å². The van der Waals surface area contributed by atoms with Crippen LogP contribution in [0.3, 0.4) is 0 Å². The Kier molecular flexibility index (Phi) is 5.30. The Labute approximate surface area is 146 Å². The molecule has 0 N–H and O–H groups in total. The van der Waals surface area contributed by atoms with Gasteiger partial charge in [0.2, 0.25) is 0 Å². The fraction of sp³-hybridized carbons (Fsp3) is 0.529. The van der Waals surface area contributed by atoms with Gasteiger partial charge in [0.05, 0.1) is 20.8 Å². The minimum absolute atomic E-state index is 0.131. The van der Waals surface area contributed by atoms with E-state index in [0.29, 0.717) is 5.69 Å². The summed E-state index contributed by atoms with van der Waals surface area (Å²) in [4.78, 5) is 41.8. The fourth-order valence-corrected chi connectivity index (χ4v) is 2.52. The predicted molar refractivity (Wildman–Crippen MR) is 86.9 cm³/mol. The standard InChI is InChI=1S/C17H22N2O6/c1-17(2,3)25-16(22)19-9-10-6-7-11(14(20)23-4)18-12(10)8-13(19)15(21)24-5/h6-7,13H,8-9H2,1-5H3. The lowest BCUT2D eigenvalue weighted by molar-refractivity contribution is -0.147. The van der Waals surface area contributed by atoms with Gasteiger partial charge in [-0.2, -0.15) is 0 Å². The molecule has 1 aromatic heterocycles. The molecule has 1 aliphatic heterocycles. The average Bonchev–Trinajstić information content (AvgIpc) is 2.57. The number of rotatable bonds is 2. The first-order chi connectivity index (χ1) is 11.7. The van der Waals surface area contributed by atoms with Crippen LogP contribution in [0.4, 0.5) is 4.79 Å². The van der Waals surface area contributed by atoms with Crippen LogP contribution < -0.4 is 0 Å². The maximum absolute atomic E-state index is 12.5. The number of ether oxygens (including phenoxy) is 3. The summed E-state index contributed by atoms with van der Waals surface area (Å²) in [6.45, 7) is 5.39. The minimum atomic E-state index is -0.868. The van der Waals surface area contributed by atoms with E-state index in [-0.39, 0.29) is 18.7 Å². The van der Waals surface area contributed by atoms with Gasteiger partial charge in [-0.15, -0.1) is 0 Å². The predicted octanol–water partition coefficient (Wildman–Crippen LogP) is 1.70. The molecule has 0 aromatic carbocycles. The molecule has 1 atom stereocenters. The topological polar surface area (TPSA) is 95.0 Å². The highest BCUT2D eigenvalue weighted by Gasteiger charge is 2.38. The molecule has 8 nitrogen and oxygen atoms in total. The molecule has 0 bridgehead atoms. The molecule has 0 radical (unpaired) electrons. The molecule has 1 amide bonds. The van der Waals surface area contributed by atoms with Crippen LogP contribution in [0.5, 0.6) is 0 Å². The van der Waals surface area contributed by atoms with E-state index in [9.17, 15) is 14.4 Å². The van der Waals surface area contributed by atoms with Gasteiger partial charge in [0.25, 0.3) is 0 Å². The van der Waals surface area contributed by atoms with Crippen molar-refractivity contribution in [3.8, 4) is 0 Å². The molecule has 0 saturated heterocycles. The number of methoxy groups -OCH3 is 2. The van der Waals surface area contributed by atoms with Crippen LogP contribution in [-0.4, -0.2) is 53.8 Å². The van der Waals surface area contributed by atoms with Crippen molar-refractivity contribution in [1.29, 1.82) is 0 Å². The van der Waals surface area contributed by atoms with Crippen molar-refractivity contribution in [1.82, 2.24) is 9.88 Å². The molecule has 0 saturated carbocycles. The molecule has 25 heavy (non-hydrogen) atoms. The summed E-state index contributed by atoms with van der Waals surface area (Å²) in [6.07, 6.45) is -0.475. The van der Waals surface area contributed by atoms with Crippen LogP contribution >= 0.6 is 0 Å². The zero-order chi connectivity index (χ0) is 18.8. The van der Waals surface area contributed by atoms with Crippen LogP contribution in [0, 0.1) is 0 Å². The Morgan fingerprint density at radius 1 is 1.16 bits per heavy atom. The quantitative estimate of drug-likeness (QED) is 0.592. The SMILES string of the molecule is COC(=O)c1ccc2c(n1)CC(C(=O)OC)N(C(=O)OC(C)(C)C)C2. The lowest BCUT2D eigenvalue weighted by atomic mass is 9.98. The fourth-order valence-electron chi connectivity index (χ4n) is 2.52. The van der Waals surface area contributed by atoms with Gasteiger partial charge in [0, 0.05) is 12.1 Å². The van der Waals surface area contributed by atoms with Gasteiger partial charge in [-0.05, 0) is 32.4 Å². The van der Waals surface area contributed by atoms with E-state index in [4.69, 9.17) is 9.47 Å². The van der Waals surface area contributed by atoms with Gasteiger partial charge in [-0.3, -0.25) is 4.90 Å². The molecule has 0 aliphatic carbocycles. The summed E-state index contributed by atoms with van der Waals surface area (Å²) >= 11 is 0. The molecule has 2 heterocycles. The number of carbonyl (C=O) groups is 3. The van der Waals surface area contributed by atoms with Crippen LogP contribution in [0.15, 0.2) is 12.1 Å². The Hall–Kier alpha value is -2.64. The largest absolute Gasteiger partial charge is 0.467 e. The second kappa shape index (κ2) is 7.08. The van der Waals surface area contributed by atoms with E-state index in [1.54, 1.807) is 26.8 Å². The Balaban J connectivity index is 2.35. The molecule has 1 unspecified atom stereocenters. The number of pyridine rings is 1. The second-order valence-corrected chi connectivity index (χ2v) is 6.65. The van der Waals surface area contributed by atoms with E-state index in [0.717, 1.165) is 5.56 Å². The summed E-state index contributed by atoms with van der Waals surface area (Å²) in [5.74, 6) is -1.13. The lowest BCUT2D eigenvalue weighted by Gasteiger charge is -2.35. The van der Waals surface area contributed by atoms with E-state index in [1.165, 1.54) is 25.2 Å². The van der Waals surface area contributed by atoms with Gasteiger partial charge in [-0.1, -0.05) is 6.07 Å². The number of amides is 1.